The number of benzene rings is 2. The topological polar surface area (TPSA) is 95.6 Å². The van der Waals surface area contributed by atoms with E-state index in [-0.39, 0.29) is 19.2 Å². The van der Waals surface area contributed by atoms with Crippen LogP contribution in [0.3, 0.4) is 0 Å². The van der Waals surface area contributed by atoms with Gasteiger partial charge in [-0.05, 0) is 30.2 Å². The van der Waals surface area contributed by atoms with Gasteiger partial charge in [0.2, 0.25) is 0 Å². The molecule has 0 spiro atoms. The summed E-state index contributed by atoms with van der Waals surface area (Å²) < 4.78 is 21.8. The van der Waals surface area contributed by atoms with Crippen LogP contribution in [0.2, 0.25) is 0 Å². The molecule has 0 atom stereocenters. The third-order valence-corrected chi connectivity index (χ3v) is 5.19. The number of imidazole rings is 1. The maximum atomic E-state index is 11.8. The Balaban J connectivity index is 1.67. The van der Waals surface area contributed by atoms with Crippen LogP contribution in [0.4, 0.5) is 0 Å². The van der Waals surface area contributed by atoms with Gasteiger partial charge in [0.15, 0.2) is 6.79 Å². The Hall–Kier alpha value is -3.75. The van der Waals surface area contributed by atoms with Gasteiger partial charge in [-0.1, -0.05) is 36.4 Å². The zero-order chi connectivity index (χ0) is 23.8. The summed E-state index contributed by atoms with van der Waals surface area (Å²) in [7, 11) is 1.62. The van der Waals surface area contributed by atoms with Gasteiger partial charge < -0.3 is 23.9 Å². The van der Waals surface area contributed by atoms with Crippen molar-refractivity contribution in [3.8, 4) is 28.3 Å². The van der Waals surface area contributed by atoms with Crippen molar-refractivity contribution < 1.29 is 23.7 Å². The molecule has 0 amide bonds. The van der Waals surface area contributed by atoms with E-state index in [0.717, 1.165) is 33.3 Å². The Kier molecular flexibility index (Phi) is 7.85. The number of ether oxygens (including phenoxy) is 4. The number of aromatic amines is 1. The first-order valence-corrected chi connectivity index (χ1v) is 11.1. The van der Waals surface area contributed by atoms with Crippen LogP contribution in [0.1, 0.15) is 12.5 Å². The molecule has 0 aliphatic heterocycles. The minimum Gasteiger partial charge on any atom is -0.466 e. The maximum Gasteiger partial charge on any atom is 0.310 e. The highest BCUT2D eigenvalue weighted by atomic mass is 16.7. The molecule has 4 aromatic rings. The third-order valence-electron chi connectivity index (χ3n) is 5.19. The van der Waals surface area contributed by atoms with Crippen LogP contribution in [0.5, 0.6) is 5.75 Å². The van der Waals surface area contributed by atoms with Crippen molar-refractivity contribution in [3.05, 3.63) is 66.5 Å². The number of nitrogens with one attached hydrogen (secondary N) is 1. The molecule has 0 unspecified atom stereocenters. The number of hydrogen-bond acceptors (Lipinski definition) is 7. The van der Waals surface area contributed by atoms with Crippen molar-refractivity contribution >= 4 is 17.0 Å². The van der Waals surface area contributed by atoms with Crippen molar-refractivity contribution in [1.29, 1.82) is 0 Å². The molecule has 0 saturated carbocycles. The van der Waals surface area contributed by atoms with E-state index in [4.69, 9.17) is 23.9 Å². The second-order valence-corrected chi connectivity index (χ2v) is 7.50. The van der Waals surface area contributed by atoms with Crippen LogP contribution < -0.4 is 4.74 Å². The number of fused-ring (bicyclic) bond motifs is 1. The van der Waals surface area contributed by atoms with Gasteiger partial charge in [-0.25, -0.2) is 4.98 Å². The van der Waals surface area contributed by atoms with Crippen LogP contribution in [0.25, 0.3) is 33.5 Å². The number of pyridine rings is 1. The van der Waals surface area contributed by atoms with Crippen LogP contribution in [-0.2, 0) is 25.4 Å². The van der Waals surface area contributed by atoms with E-state index in [1.165, 1.54) is 0 Å². The number of aromatic nitrogens is 3. The third kappa shape index (κ3) is 5.59. The van der Waals surface area contributed by atoms with E-state index in [1.54, 1.807) is 26.4 Å². The van der Waals surface area contributed by atoms with E-state index in [9.17, 15) is 4.79 Å². The quantitative estimate of drug-likeness (QED) is 0.201. The lowest BCUT2D eigenvalue weighted by molar-refractivity contribution is -0.142. The van der Waals surface area contributed by atoms with Crippen molar-refractivity contribution in [3.63, 3.8) is 0 Å². The van der Waals surface area contributed by atoms with Gasteiger partial charge in [-0.3, -0.25) is 9.78 Å². The molecule has 2 heterocycles. The summed E-state index contributed by atoms with van der Waals surface area (Å²) in [5, 5.41) is 0. The number of esters is 1. The smallest absolute Gasteiger partial charge is 0.310 e. The molecule has 0 saturated heterocycles. The van der Waals surface area contributed by atoms with E-state index in [1.807, 2.05) is 48.5 Å². The molecule has 1 N–H and O–H groups in total. The molecule has 0 radical (unpaired) electrons. The Labute approximate surface area is 197 Å². The summed E-state index contributed by atoms with van der Waals surface area (Å²) in [5.41, 5.74) is 5.18. The predicted molar refractivity (Wildman–Crippen MR) is 128 cm³/mol. The second-order valence-electron chi connectivity index (χ2n) is 7.50. The maximum absolute atomic E-state index is 11.8. The largest absolute Gasteiger partial charge is 0.466 e. The number of nitrogens with zero attached hydrogens (tertiary/aromatic N) is 2. The molecule has 8 heteroatoms. The fourth-order valence-electron chi connectivity index (χ4n) is 3.57. The van der Waals surface area contributed by atoms with E-state index in [2.05, 4.69) is 9.97 Å². The first-order valence-electron chi connectivity index (χ1n) is 11.1. The summed E-state index contributed by atoms with van der Waals surface area (Å²) >= 11 is 0. The number of methoxy groups -OCH3 is 1. The zero-order valence-electron chi connectivity index (χ0n) is 19.2. The van der Waals surface area contributed by atoms with Gasteiger partial charge >= 0.3 is 5.97 Å². The molecule has 0 bridgehead atoms. The van der Waals surface area contributed by atoms with Gasteiger partial charge in [0.25, 0.3) is 0 Å². The van der Waals surface area contributed by atoms with E-state index >= 15 is 0 Å². The molecule has 0 aliphatic carbocycles. The first kappa shape index (κ1) is 23.4. The van der Waals surface area contributed by atoms with Crippen molar-refractivity contribution in [2.75, 3.05) is 33.7 Å². The lowest BCUT2D eigenvalue weighted by Gasteiger charge is -2.16. The minimum atomic E-state index is -0.242. The Bertz CT molecular complexity index is 1200. The first-order chi connectivity index (χ1) is 16.7. The van der Waals surface area contributed by atoms with Crippen LogP contribution in [0.15, 0.2) is 60.9 Å². The van der Waals surface area contributed by atoms with Crippen LogP contribution in [-0.4, -0.2) is 54.6 Å². The molecular weight excluding hydrogens is 434 g/mol. The predicted octanol–water partition coefficient (Wildman–Crippen LogP) is 4.40. The molecule has 2 aromatic heterocycles. The number of hydrogen-bond donors (Lipinski definition) is 1. The molecule has 4 rings (SSSR count). The monoisotopic (exact) mass is 461 g/mol. The second kappa shape index (κ2) is 11.4. The Morgan fingerprint density at radius 1 is 1.03 bits per heavy atom. The average molecular weight is 462 g/mol. The van der Waals surface area contributed by atoms with E-state index in [0.29, 0.717) is 31.4 Å². The minimum absolute atomic E-state index is 0.0656. The fraction of sp³-hybridized carbons (Fsp3) is 0.269. The van der Waals surface area contributed by atoms with Gasteiger partial charge in [-0.15, -0.1) is 0 Å². The Morgan fingerprint density at radius 3 is 2.62 bits per heavy atom. The number of H-pyrrole nitrogens is 1. The van der Waals surface area contributed by atoms with Crippen molar-refractivity contribution in [1.82, 2.24) is 15.0 Å². The summed E-state index contributed by atoms with van der Waals surface area (Å²) in [6.07, 6.45) is 3.69. The summed E-state index contributed by atoms with van der Waals surface area (Å²) in [5.74, 6) is 1.08. The molecular formula is C26H27N3O5. The van der Waals surface area contributed by atoms with Crippen molar-refractivity contribution in [2.24, 2.45) is 0 Å². The fourth-order valence-corrected chi connectivity index (χ4v) is 3.57. The Morgan fingerprint density at radius 2 is 1.85 bits per heavy atom. The zero-order valence-corrected chi connectivity index (χ0v) is 19.2. The number of carbonyl (C=O) groups excluding carboxylic acids is 1. The normalized spacial score (nSPS) is 11.0. The van der Waals surface area contributed by atoms with Crippen LogP contribution in [0, 0.1) is 0 Å². The van der Waals surface area contributed by atoms with Gasteiger partial charge in [0, 0.05) is 18.9 Å². The standard InChI is InChI=1S/C26H27N3O5/c1-3-33-24(30)15-18-7-9-19(10-8-18)20-5-4-6-21(25(20)34-17-32-14-13-31-2)26-28-22-11-12-27-16-23(22)29-26/h4-12,16H,3,13-15,17H2,1-2H3,(H,28,29). The molecule has 176 valence electrons. The van der Waals surface area contributed by atoms with E-state index < -0.39 is 0 Å². The molecule has 0 fully saturated rings. The highest BCUT2D eigenvalue weighted by Crippen LogP contribution is 2.38. The summed E-state index contributed by atoms with van der Waals surface area (Å²) in [4.78, 5) is 24.0. The van der Waals surface area contributed by atoms with Crippen molar-refractivity contribution in [2.45, 2.75) is 13.3 Å². The van der Waals surface area contributed by atoms with Gasteiger partial charge in [0.05, 0.1) is 49.0 Å². The average Bonchev–Trinajstić information content (AvgIpc) is 3.29. The lowest BCUT2D eigenvalue weighted by Crippen LogP contribution is -2.09. The highest BCUT2D eigenvalue weighted by molar-refractivity contribution is 5.84. The SMILES string of the molecule is CCOC(=O)Cc1ccc(-c2cccc(-c3nc4ccncc4[nH]3)c2OCOCCOC)cc1. The molecule has 0 aliphatic rings. The number of rotatable bonds is 11. The van der Waals surface area contributed by atoms with Gasteiger partial charge in [0.1, 0.15) is 11.6 Å². The highest BCUT2D eigenvalue weighted by Gasteiger charge is 2.17. The summed E-state index contributed by atoms with van der Waals surface area (Å²) in [6, 6.07) is 15.5. The summed E-state index contributed by atoms with van der Waals surface area (Å²) in [6.45, 7) is 3.14. The molecule has 8 nitrogen and oxygen atoms in total. The van der Waals surface area contributed by atoms with Crippen LogP contribution >= 0.6 is 0 Å². The molecule has 34 heavy (non-hydrogen) atoms. The lowest BCUT2D eigenvalue weighted by atomic mass is 9.99. The molecule has 2 aromatic carbocycles. The number of carbonyl (C=O) groups is 1. The van der Waals surface area contributed by atoms with Gasteiger partial charge in [-0.2, -0.15) is 0 Å². The number of para-hydroxylation sites is 1.